The Morgan fingerprint density at radius 1 is 1.26 bits per heavy atom. The number of aryl methyl sites for hydroxylation is 1. The summed E-state index contributed by atoms with van der Waals surface area (Å²) in [6.07, 6.45) is 1.26. The second-order valence-corrected chi connectivity index (χ2v) is 10.1. The van der Waals surface area contributed by atoms with Crippen LogP contribution in [0, 0.1) is 12.7 Å². The first-order chi connectivity index (χ1) is 14.7. The standard InChI is InChI=1S/C20H16ClFN4O3S2/c1-11-3-6-16-13(7-11)19-17(31(28,29)26(16)2)9-23-20(25-19)30-10-18(27)24-12-4-5-15(22)14(21)8-12/h3-9H,10H2,1-2H3,(H,24,27). The number of fused-ring (bicyclic) bond motifs is 3. The maximum Gasteiger partial charge on any atom is 0.267 e. The van der Waals surface area contributed by atoms with Crippen LogP contribution in [-0.4, -0.2) is 37.1 Å². The molecule has 2 aromatic carbocycles. The lowest BCUT2D eigenvalue weighted by molar-refractivity contribution is -0.113. The number of sulfonamides is 1. The third-order valence-corrected chi connectivity index (χ3v) is 7.58. The van der Waals surface area contributed by atoms with Crippen molar-refractivity contribution in [1.29, 1.82) is 0 Å². The quantitative estimate of drug-likeness (QED) is 0.448. The third-order valence-electron chi connectivity index (χ3n) is 4.65. The predicted octanol–water partition coefficient (Wildman–Crippen LogP) is 4.11. The number of aromatic nitrogens is 2. The summed E-state index contributed by atoms with van der Waals surface area (Å²) >= 11 is 6.78. The minimum Gasteiger partial charge on any atom is -0.325 e. The summed E-state index contributed by atoms with van der Waals surface area (Å²) in [5.74, 6) is -0.966. The number of carbonyl (C=O) groups excluding carboxylic acids is 1. The fourth-order valence-electron chi connectivity index (χ4n) is 3.10. The van der Waals surface area contributed by atoms with Gasteiger partial charge in [0.2, 0.25) is 5.91 Å². The van der Waals surface area contributed by atoms with Crippen molar-refractivity contribution in [3.8, 4) is 11.3 Å². The second kappa shape index (κ2) is 8.10. The largest absolute Gasteiger partial charge is 0.325 e. The monoisotopic (exact) mass is 478 g/mol. The van der Waals surface area contributed by atoms with E-state index in [-0.39, 0.29) is 26.7 Å². The molecular formula is C20H16ClFN4O3S2. The molecule has 2 heterocycles. The summed E-state index contributed by atoms with van der Waals surface area (Å²) in [5.41, 5.74) is 2.84. The number of hydrogen-bond donors (Lipinski definition) is 1. The van der Waals surface area contributed by atoms with Crippen LogP contribution in [0.5, 0.6) is 0 Å². The van der Waals surface area contributed by atoms with Crippen LogP contribution in [0.2, 0.25) is 5.02 Å². The van der Waals surface area contributed by atoms with Crippen LogP contribution >= 0.6 is 23.4 Å². The molecule has 1 aliphatic rings. The van der Waals surface area contributed by atoms with Crippen molar-refractivity contribution in [2.75, 3.05) is 22.4 Å². The van der Waals surface area contributed by atoms with Crippen LogP contribution in [0.15, 0.2) is 52.6 Å². The number of benzene rings is 2. The highest BCUT2D eigenvalue weighted by Crippen LogP contribution is 2.41. The molecule has 11 heteroatoms. The van der Waals surface area contributed by atoms with Crippen LogP contribution in [0.1, 0.15) is 5.56 Å². The van der Waals surface area contributed by atoms with Crippen LogP contribution in [0.3, 0.4) is 0 Å². The summed E-state index contributed by atoms with van der Waals surface area (Å²) in [4.78, 5) is 20.8. The van der Waals surface area contributed by atoms with Gasteiger partial charge in [-0.2, -0.15) is 0 Å². The molecule has 1 amide bonds. The Kier molecular flexibility index (Phi) is 5.63. The molecule has 1 aromatic heterocycles. The molecule has 0 spiro atoms. The summed E-state index contributed by atoms with van der Waals surface area (Å²) < 4.78 is 40.1. The van der Waals surface area contributed by atoms with Gasteiger partial charge in [0.05, 0.1) is 28.4 Å². The Morgan fingerprint density at radius 3 is 2.77 bits per heavy atom. The molecule has 0 saturated carbocycles. The van der Waals surface area contributed by atoms with Gasteiger partial charge in [-0.15, -0.1) is 0 Å². The van der Waals surface area contributed by atoms with E-state index < -0.39 is 15.8 Å². The van der Waals surface area contributed by atoms with E-state index in [4.69, 9.17) is 11.6 Å². The summed E-state index contributed by atoms with van der Waals surface area (Å²) in [6.45, 7) is 1.91. The van der Waals surface area contributed by atoms with Crippen LogP contribution in [-0.2, 0) is 14.8 Å². The number of halogens is 2. The highest BCUT2D eigenvalue weighted by atomic mass is 35.5. The molecule has 0 atom stereocenters. The summed E-state index contributed by atoms with van der Waals surface area (Å²) in [7, 11) is -2.28. The molecule has 31 heavy (non-hydrogen) atoms. The Bertz CT molecular complexity index is 1320. The number of nitrogens with one attached hydrogen (secondary N) is 1. The van der Waals surface area contributed by atoms with Crippen molar-refractivity contribution in [2.24, 2.45) is 0 Å². The number of amides is 1. The summed E-state index contributed by atoms with van der Waals surface area (Å²) in [5, 5.41) is 2.78. The van der Waals surface area contributed by atoms with Gasteiger partial charge in [-0.05, 0) is 37.3 Å². The van der Waals surface area contributed by atoms with Crippen molar-refractivity contribution in [3.05, 3.63) is 59.0 Å². The van der Waals surface area contributed by atoms with Crippen molar-refractivity contribution >= 4 is 50.7 Å². The van der Waals surface area contributed by atoms with E-state index in [1.165, 1.54) is 29.7 Å². The molecule has 1 aliphatic heterocycles. The molecule has 7 nitrogen and oxygen atoms in total. The zero-order valence-corrected chi connectivity index (χ0v) is 18.8. The van der Waals surface area contributed by atoms with Crippen molar-refractivity contribution in [1.82, 2.24) is 9.97 Å². The lowest BCUT2D eigenvalue weighted by Crippen LogP contribution is -2.31. The van der Waals surface area contributed by atoms with E-state index in [1.54, 1.807) is 6.07 Å². The van der Waals surface area contributed by atoms with Crippen molar-refractivity contribution in [2.45, 2.75) is 17.0 Å². The van der Waals surface area contributed by atoms with Gasteiger partial charge in [-0.25, -0.2) is 22.8 Å². The lowest BCUT2D eigenvalue weighted by atomic mass is 10.1. The molecule has 1 N–H and O–H groups in total. The van der Waals surface area contributed by atoms with Crippen LogP contribution in [0.25, 0.3) is 11.3 Å². The first-order valence-corrected chi connectivity index (χ1v) is 11.8. The van der Waals surface area contributed by atoms with Gasteiger partial charge in [-0.3, -0.25) is 9.10 Å². The fourth-order valence-corrected chi connectivity index (χ4v) is 5.19. The van der Waals surface area contributed by atoms with Crippen LogP contribution in [0.4, 0.5) is 15.8 Å². The molecule has 0 unspecified atom stereocenters. The lowest BCUT2D eigenvalue weighted by Gasteiger charge is -2.28. The van der Waals surface area contributed by atoms with Gasteiger partial charge in [-0.1, -0.05) is 35.0 Å². The maximum atomic E-state index is 13.2. The average Bonchev–Trinajstić information content (AvgIpc) is 2.73. The van der Waals surface area contributed by atoms with E-state index in [0.717, 1.165) is 23.4 Å². The number of nitrogens with zero attached hydrogens (tertiary/aromatic N) is 3. The minimum atomic E-state index is -3.77. The highest BCUT2D eigenvalue weighted by Gasteiger charge is 2.34. The van der Waals surface area contributed by atoms with Crippen LogP contribution < -0.4 is 9.62 Å². The Hall–Kier alpha value is -2.69. The summed E-state index contributed by atoms with van der Waals surface area (Å²) in [6, 6.07) is 9.32. The van der Waals surface area contributed by atoms with Gasteiger partial charge in [0, 0.05) is 18.3 Å². The predicted molar refractivity (Wildman–Crippen MR) is 119 cm³/mol. The van der Waals surface area contributed by atoms with Gasteiger partial charge in [0.1, 0.15) is 10.7 Å². The number of anilines is 2. The van der Waals surface area contributed by atoms with E-state index in [9.17, 15) is 17.6 Å². The average molecular weight is 479 g/mol. The SMILES string of the molecule is Cc1ccc2c(c1)-c1nc(SCC(=O)Nc3ccc(F)c(Cl)c3)ncc1S(=O)(=O)N2C. The van der Waals surface area contributed by atoms with Crippen molar-refractivity contribution < 1.29 is 17.6 Å². The van der Waals surface area contributed by atoms with Gasteiger partial charge in [0.25, 0.3) is 10.0 Å². The van der Waals surface area contributed by atoms with Gasteiger partial charge >= 0.3 is 0 Å². The van der Waals surface area contributed by atoms with Gasteiger partial charge in [0.15, 0.2) is 5.16 Å². The number of rotatable bonds is 4. The van der Waals surface area contributed by atoms with Crippen molar-refractivity contribution in [3.63, 3.8) is 0 Å². The fraction of sp³-hybridized carbons (Fsp3) is 0.150. The molecular weight excluding hydrogens is 463 g/mol. The molecule has 4 rings (SSSR count). The highest BCUT2D eigenvalue weighted by molar-refractivity contribution is 7.99. The van der Waals surface area contributed by atoms with Gasteiger partial charge < -0.3 is 5.32 Å². The minimum absolute atomic E-state index is 0.0165. The molecule has 160 valence electrons. The number of hydrogen-bond acceptors (Lipinski definition) is 6. The number of thioether (sulfide) groups is 1. The zero-order valence-electron chi connectivity index (χ0n) is 16.4. The van der Waals surface area contributed by atoms with E-state index in [2.05, 4.69) is 15.3 Å². The normalized spacial score (nSPS) is 14.0. The second-order valence-electron chi connectivity index (χ2n) is 6.82. The third kappa shape index (κ3) is 4.10. The smallest absolute Gasteiger partial charge is 0.267 e. The number of carbonyl (C=O) groups is 1. The Balaban J connectivity index is 1.57. The first-order valence-electron chi connectivity index (χ1n) is 9.01. The molecule has 0 saturated heterocycles. The Labute approximate surface area is 187 Å². The molecule has 0 aliphatic carbocycles. The maximum absolute atomic E-state index is 13.2. The Morgan fingerprint density at radius 2 is 2.03 bits per heavy atom. The van der Waals surface area contributed by atoms with E-state index in [0.29, 0.717) is 22.6 Å². The first kappa shape index (κ1) is 21.5. The van der Waals surface area contributed by atoms with E-state index >= 15 is 0 Å². The molecule has 0 fully saturated rings. The zero-order chi connectivity index (χ0) is 22.3. The topological polar surface area (TPSA) is 92.3 Å². The molecule has 0 radical (unpaired) electrons. The molecule has 0 bridgehead atoms. The molecule has 3 aromatic rings. The van der Waals surface area contributed by atoms with E-state index in [1.807, 2.05) is 19.1 Å².